The quantitative estimate of drug-likeness (QED) is 0.586. The molecular formula is C16H20IN3O2. The lowest BCUT2D eigenvalue weighted by molar-refractivity contribution is -0.125. The molecule has 0 unspecified atom stereocenters. The molecule has 1 aromatic carbocycles. The van der Waals surface area contributed by atoms with Crippen molar-refractivity contribution < 1.29 is 9.59 Å². The largest absolute Gasteiger partial charge is 0.304 e. The summed E-state index contributed by atoms with van der Waals surface area (Å²) in [4.78, 5) is 27.0. The molecule has 5 nitrogen and oxygen atoms in total. The number of rotatable bonds is 3. The number of benzene rings is 1. The van der Waals surface area contributed by atoms with Gasteiger partial charge < -0.3 is 5.32 Å². The van der Waals surface area contributed by atoms with Gasteiger partial charge in [0.05, 0.1) is 34.6 Å². The van der Waals surface area contributed by atoms with Crippen LogP contribution in [0.15, 0.2) is 18.2 Å². The van der Waals surface area contributed by atoms with E-state index in [1.165, 1.54) is 5.56 Å². The topological polar surface area (TPSA) is 61.4 Å². The molecule has 0 saturated carbocycles. The highest BCUT2D eigenvalue weighted by atomic mass is 127. The van der Waals surface area contributed by atoms with Crippen molar-refractivity contribution in [2.24, 2.45) is 0 Å². The minimum atomic E-state index is -0.435. The van der Waals surface area contributed by atoms with Crippen molar-refractivity contribution in [1.82, 2.24) is 8.85 Å². The van der Waals surface area contributed by atoms with E-state index in [2.05, 4.69) is 14.9 Å². The van der Waals surface area contributed by atoms with Gasteiger partial charge in [-0.25, -0.2) is 0 Å². The number of halogens is 1. The molecule has 0 saturated heterocycles. The molecule has 0 bridgehead atoms. The summed E-state index contributed by atoms with van der Waals surface area (Å²) in [5, 5.41) is 3.35. The third kappa shape index (κ3) is 2.62. The maximum Gasteiger partial charge on any atom is 0.252 e. The van der Waals surface area contributed by atoms with E-state index in [1.807, 2.05) is 48.8 Å². The van der Waals surface area contributed by atoms with Crippen LogP contribution in [0.4, 0.5) is 5.69 Å². The molecule has 2 atom stereocenters. The second kappa shape index (κ2) is 6.16. The van der Waals surface area contributed by atoms with Crippen LogP contribution >= 0.6 is 22.9 Å². The molecule has 2 amide bonds. The van der Waals surface area contributed by atoms with Crippen molar-refractivity contribution in [3.8, 4) is 0 Å². The molecule has 2 heterocycles. The van der Waals surface area contributed by atoms with Crippen molar-refractivity contribution in [1.29, 1.82) is 0 Å². The number of aryl methyl sites for hydroxylation is 1. The zero-order valence-electron chi connectivity index (χ0n) is 12.7. The Bertz CT molecular complexity index is 617. The van der Waals surface area contributed by atoms with Crippen LogP contribution in [-0.4, -0.2) is 29.9 Å². The molecule has 6 heteroatoms. The number of carbonyl (C=O) groups excluding carboxylic acids is 2. The van der Waals surface area contributed by atoms with Crippen LogP contribution in [0.25, 0.3) is 0 Å². The molecule has 0 spiro atoms. The van der Waals surface area contributed by atoms with Gasteiger partial charge in [-0.3, -0.25) is 18.0 Å². The van der Waals surface area contributed by atoms with Gasteiger partial charge in [-0.15, -0.1) is 0 Å². The zero-order chi connectivity index (χ0) is 15.9. The lowest BCUT2D eigenvalue weighted by atomic mass is 10.0. The summed E-state index contributed by atoms with van der Waals surface area (Å²) >= 11 is 1.84. The van der Waals surface area contributed by atoms with E-state index in [0.717, 1.165) is 24.1 Å². The van der Waals surface area contributed by atoms with Gasteiger partial charge in [0.1, 0.15) is 6.04 Å². The Kier molecular flexibility index (Phi) is 4.40. The average molecular weight is 413 g/mol. The van der Waals surface area contributed by atoms with Crippen LogP contribution < -0.4 is 13.7 Å². The predicted octanol–water partition coefficient (Wildman–Crippen LogP) is 1.72. The molecule has 118 valence electrons. The standard InChI is InChI=1S/C16H20IN3O2/c1-9(2)18-12-7-6-10-4-3-5-11-8-13(15(21)19-17)20(14(10)11)16(12)22/h3-5,9,12-13,18H,6-8H2,1-2H3,(H,19,21)/t12-,13-/m0/s1. The van der Waals surface area contributed by atoms with Gasteiger partial charge in [0.25, 0.3) is 5.91 Å². The van der Waals surface area contributed by atoms with Crippen LogP contribution in [-0.2, 0) is 22.4 Å². The molecule has 1 aromatic rings. The maximum atomic E-state index is 13.0. The molecule has 2 aliphatic rings. The first-order valence-corrected chi connectivity index (χ1v) is 8.71. The Morgan fingerprint density at radius 3 is 2.77 bits per heavy atom. The Morgan fingerprint density at radius 2 is 2.09 bits per heavy atom. The Morgan fingerprint density at radius 1 is 1.36 bits per heavy atom. The van der Waals surface area contributed by atoms with Gasteiger partial charge in [-0.1, -0.05) is 32.0 Å². The summed E-state index contributed by atoms with van der Waals surface area (Å²) < 4.78 is 2.66. The summed E-state index contributed by atoms with van der Waals surface area (Å²) in [6.07, 6.45) is 2.22. The van der Waals surface area contributed by atoms with Crippen molar-refractivity contribution in [3.63, 3.8) is 0 Å². The molecule has 0 aliphatic carbocycles. The monoisotopic (exact) mass is 413 g/mol. The van der Waals surface area contributed by atoms with E-state index in [1.54, 1.807) is 4.90 Å². The third-order valence-electron chi connectivity index (χ3n) is 4.34. The number of anilines is 1. The van der Waals surface area contributed by atoms with E-state index in [4.69, 9.17) is 0 Å². The van der Waals surface area contributed by atoms with Crippen LogP contribution in [0.1, 0.15) is 31.4 Å². The molecule has 0 aromatic heterocycles. The van der Waals surface area contributed by atoms with Gasteiger partial charge in [-0.05, 0) is 24.0 Å². The highest BCUT2D eigenvalue weighted by molar-refractivity contribution is 14.1. The van der Waals surface area contributed by atoms with Gasteiger partial charge in [0.2, 0.25) is 5.91 Å². The normalized spacial score (nSPS) is 23.5. The molecule has 0 fully saturated rings. The second-order valence-electron chi connectivity index (χ2n) is 6.22. The highest BCUT2D eigenvalue weighted by Crippen LogP contribution is 2.39. The number of hydrogen-bond acceptors (Lipinski definition) is 3. The zero-order valence-corrected chi connectivity index (χ0v) is 14.9. The van der Waals surface area contributed by atoms with Crippen LogP contribution in [0.2, 0.25) is 0 Å². The predicted molar refractivity (Wildman–Crippen MR) is 94.0 cm³/mol. The van der Waals surface area contributed by atoms with Crippen molar-refractivity contribution in [3.05, 3.63) is 29.3 Å². The summed E-state index contributed by atoms with van der Waals surface area (Å²) in [5.74, 6) is -0.0938. The lowest BCUT2D eigenvalue weighted by Gasteiger charge is -2.28. The number of carbonyl (C=O) groups is 2. The number of amides is 2. The number of nitrogens with zero attached hydrogens (tertiary/aromatic N) is 1. The van der Waals surface area contributed by atoms with Crippen molar-refractivity contribution in [2.75, 3.05) is 4.90 Å². The van der Waals surface area contributed by atoms with Gasteiger partial charge >= 0.3 is 0 Å². The lowest BCUT2D eigenvalue weighted by Crippen LogP contribution is -2.53. The van der Waals surface area contributed by atoms with E-state index >= 15 is 0 Å². The first kappa shape index (κ1) is 15.7. The summed E-state index contributed by atoms with van der Waals surface area (Å²) in [6.45, 7) is 4.07. The van der Waals surface area contributed by atoms with Crippen molar-refractivity contribution in [2.45, 2.75) is 51.2 Å². The molecule has 3 rings (SSSR count). The van der Waals surface area contributed by atoms with Gasteiger partial charge in [-0.2, -0.15) is 0 Å². The molecule has 0 radical (unpaired) electrons. The minimum Gasteiger partial charge on any atom is -0.304 e. The van der Waals surface area contributed by atoms with Crippen molar-refractivity contribution >= 4 is 40.4 Å². The fourth-order valence-electron chi connectivity index (χ4n) is 3.46. The minimum absolute atomic E-state index is 0.0161. The second-order valence-corrected chi connectivity index (χ2v) is 6.76. The number of nitrogens with one attached hydrogen (secondary N) is 2. The van der Waals surface area contributed by atoms with Crippen LogP contribution in [0.3, 0.4) is 0 Å². The average Bonchev–Trinajstić information content (AvgIpc) is 2.83. The molecule has 2 N–H and O–H groups in total. The van der Waals surface area contributed by atoms with Gasteiger partial charge in [0.15, 0.2) is 0 Å². The first-order chi connectivity index (χ1) is 10.5. The van der Waals surface area contributed by atoms with E-state index in [9.17, 15) is 9.59 Å². The van der Waals surface area contributed by atoms with E-state index < -0.39 is 6.04 Å². The molecule has 2 aliphatic heterocycles. The summed E-state index contributed by atoms with van der Waals surface area (Å²) in [6, 6.07) is 5.68. The number of para-hydroxylation sites is 1. The van der Waals surface area contributed by atoms with E-state index in [-0.39, 0.29) is 23.9 Å². The Labute approximate surface area is 144 Å². The van der Waals surface area contributed by atoms with Crippen LogP contribution in [0, 0.1) is 0 Å². The summed E-state index contributed by atoms with van der Waals surface area (Å²) in [7, 11) is 0. The maximum absolute atomic E-state index is 13.0. The Hall–Kier alpha value is -1.15. The third-order valence-corrected chi connectivity index (χ3v) is 4.87. The highest BCUT2D eigenvalue weighted by Gasteiger charge is 2.43. The summed E-state index contributed by atoms with van der Waals surface area (Å²) in [5.41, 5.74) is 3.23. The Balaban J connectivity index is 2.03. The fourth-order valence-corrected chi connectivity index (χ4v) is 3.82. The first-order valence-electron chi connectivity index (χ1n) is 7.63. The molecule has 22 heavy (non-hydrogen) atoms. The van der Waals surface area contributed by atoms with E-state index in [0.29, 0.717) is 6.42 Å². The number of hydrogen-bond donors (Lipinski definition) is 2. The molecular weight excluding hydrogens is 393 g/mol. The van der Waals surface area contributed by atoms with Crippen LogP contribution in [0.5, 0.6) is 0 Å². The SMILES string of the molecule is CC(C)N[C@H]1CCc2cccc3c2N(C1=O)[C@H](C(=O)NI)C3. The fraction of sp³-hybridized carbons (Fsp3) is 0.500. The van der Waals surface area contributed by atoms with Gasteiger partial charge in [0, 0.05) is 12.5 Å². The smallest absolute Gasteiger partial charge is 0.252 e.